The number of nitrogens with two attached hydrogens (primary N) is 1. The maximum absolute atomic E-state index is 12.5. The zero-order valence-corrected chi connectivity index (χ0v) is 15.8. The van der Waals surface area contributed by atoms with Crippen LogP contribution in [0, 0.1) is 0 Å². The highest BCUT2D eigenvalue weighted by Gasteiger charge is 2.21. The smallest absolute Gasteiger partial charge is 0.332 e. The largest absolute Gasteiger partial charge is 0.384 e. The van der Waals surface area contributed by atoms with Crippen molar-refractivity contribution in [1.29, 1.82) is 0 Å². The van der Waals surface area contributed by atoms with Crippen LogP contribution >= 0.6 is 23.1 Å². The number of nitrogen functional groups attached to an aromatic ring is 1. The van der Waals surface area contributed by atoms with Crippen LogP contribution in [0.25, 0.3) is 10.2 Å². The summed E-state index contributed by atoms with van der Waals surface area (Å²) in [6.45, 7) is 0. The molecule has 2 N–H and O–H groups in total. The summed E-state index contributed by atoms with van der Waals surface area (Å²) in [4.78, 5) is 53.9. The number of fused-ring (bicyclic) bond motifs is 1. The number of hydrogen-bond donors (Lipinski definition) is 1. The van der Waals surface area contributed by atoms with Gasteiger partial charge in [-0.25, -0.2) is 9.78 Å². The first kappa shape index (κ1) is 18.1. The molecular weight excluding hydrogens is 378 g/mol. The Hall–Kier alpha value is -2.66. The minimum absolute atomic E-state index is 0.144. The summed E-state index contributed by atoms with van der Waals surface area (Å²) in [7, 11) is 4.24. The number of aromatic nitrogens is 4. The van der Waals surface area contributed by atoms with E-state index in [0.717, 1.165) is 20.9 Å². The monoisotopic (exact) mass is 393 g/mol. The van der Waals surface area contributed by atoms with Crippen molar-refractivity contribution in [2.24, 2.45) is 21.1 Å². The van der Waals surface area contributed by atoms with Crippen molar-refractivity contribution in [2.75, 3.05) is 11.5 Å². The quantitative estimate of drug-likeness (QED) is 0.375. The summed E-state index contributed by atoms with van der Waals surface area (Å²) in [6.07, 6.45) is 0. The van der Waals surface area contributed by atoms with Gasteiger partial charge in [-0.05, 0) is 11.4 Å². The average Bonchev–Trinajstić information content (AvgIpc) is 3.09. The molecule has 0 bridgehead atoms. The first-order valence-corrected chi connectivity index (χ1v) is 9.26. The summed E-state index contributed by atoms with van der Waals surface area (Å²) in [5.41, 5.74) is 3.99. The molecule has 0 fully saturated rings. The van der Waals surface area contributed by atoms with Gasteiger partial charge in [0.25, 0.3) is 11.1 Å². The molecule has 0 saturated carbocycles. The highest BCUT2D eigenvalue weighted by molar-refractivity contribution is 7.99. The second-order valence-electron chi connectivity index (χ2n) is 5.58. The first-order chi connectivity index (χ1) is 12.2. The van der Waals surface area contributed by atoms with E-state index in [1.54, 1.807) is 18.5 Å². The zero-order valence-electron chi connectivity index (χ0n) is 14.2. The Morgan fingerprint density at radius 1 is 1.15 bits per heavy atom. The molecule has 3 aromatic rings. The van der Waals surface area contributed by atoms with Gasteiger partial charge in [0.2, 0.25) is 0 Å². The van der Waals surface area contributed by atoms with Gasteiger partial charge in [0.15, 0.2) is 10.9 Å². The van der Waals surface area contributed by atoms with Gasteiger partial charge in [0.05, 0.1) is 11.1 Å². The molecule has 0 aliphatic heterocycles. The summed E-state index contributed by atoms with van der Waals surface area (Å²) in [6, 6.07) is 1.70. The van der Waals surface area contributed by atoms with Crippen LogP contribution in [0.5, 0.6) is 0 Å². The molecule has 3 heterocycles. The Balaban J connectivity index is 1.96. The number of ketones is 1. The minimum Gasteiger partial charge on any atom is -0.384 e. The molecular formula is C15H15N5O4S2. The Bertz CT molecular complexity index is 1220. The molecule has 0 aliphatic carbocycles. The van der Waals surface area contributed by atoms with Gasteiger partial charge in [-0.2, -0.15) is 0 Å². The Morgan fingerprint density at radius 3 is 2.54 bits per heavy atom. The summed E-state index contributed by atoms with van der Waals surface area (Å²) >= 11 is 2.36. The fourth-order valence-electron chi connectivity index (χ4n) is 2.43. The van der Waals surface area contributed by atoms with E-state index < -0.39 is 17.0 Å². The van der Waals surface area contributed by atoms with Crippen molar-refractivity contribution >= 4 is 44.9 Å². The molecule has 0 unspecified atom stereocenters. The molecule has 0 radical (unpaired) electrons. The van der Waals surface area contributed by atoms with Crippen LogP contribution < -0.4 is 22.5 Å². The molecule has 3 aromatic heterocycles. The Morgan fingerprint density at radius 2 is 1.85 bits per heavy atom. The van der Waals surface area contributed by atoms with Crippen LogP contribution in [-0.2, 0) is 21.1 Å². The Kier molecular flexibility index (Phi) is 4.59. The van der Waals surface area contributed by atoms with Gasteiger partial charge < -0.3 is 5.73 Å². The highest BCUT2D eigenvalue weighted by atomic mass is 32.2. The van der Waals surface area contributed by atoms with E-state index in [-0.39, 0.29) is 22.7 Å². The number of Topliss-reactive ketones (excluding diaryl/α,β-unsaturated/α-hetero) is 1. The van der Waals surface area contributed by atoms with E-state index in [1.165, 1.54) is 30.0 Å². The van der Waals surface area contributed by atoms with Crippen LogP contribution in [0.1, 0.15) is 10.4 Å². The Labute approximate surface area is 154 Å². The predicted molar refractivity (Wildman–Crippen MR) is 101 cm³/mol. The molecule has 0 saturated heterocycles. The number of thiophene rings is 1. The van der Waals surface area contributed by atoms with Crippen molar-refractivity contribution in [1.82, 2.24) is 18.7 Å². The first-order valence-electron chi connectivity index (χ1n) is 7.39. The van der Waals surface area contributed by atoms with Crippen molar-refractivity contribution in [3.63, 3.8) is 0 Å². The standard InChI is InChI=1S/C15H15N5O4S2/c1-18-10(16)9(13(23)20(3)15(18)24)8(21)6-26-14-17-11-7(4-5-25-11)12(22)19(14)2/h4-5H,6,16H2,1-3H3. The molecule has 11 heteroatoms. The number of anilines is 1. The van der Waals surface area contributed by atoms with Crippen molar-refractivity contribution < 1.29 is 4.79 Å². The van der Waals surface area contributed by atoms with Gasteiger partial charge >= 0.3 is 5.69 Å². The van der Waals surface area contributed by atoms with Gasteiger partial charge in [-0.15, -0.1) is 11.3 Å². The van der Waals surface area contributed by atoms with Crippen LogP contribution in [0.2, 0.25) is 0 Å². The molecule has 0 atom stereocenters. The van der Waals surface area contributed by atoms with Gasteiger partial charge in [0.1, 0.15) is 16.2 Å². The van der Waals surface area contributed by atoms with E-state index in [4.69, 9.17) is 5.73 Å². The highest BCUT2D eigenvalue weighted by Crippen LogP contribution is 2.21. The number of carbonyl (C=O) groups is 1. The number of rotatable bonds is 4. The molecule has 0 aliphatic rings. The van der Waals surface area contributed by atoms with E-state index in [1.807, 2.05) is 0 Å². The molecule has 26 heavy (non-hydrogen) atoms. The van der Waals surface area contributed by atoms with Crippen molar-refractivity contribution in [3.05, 3.63) is 48.2 Å². The normalized spacial score (nSPS) is 11.2. The lowest BCUT2D eigenvalue weighted by Gasteiger charge is -2.11. The van der Waals surface area contributed by atoms with E-state index in [2.05, 4.69) is 4.98 Å². The summed E-state index contributed by atoms with van der Waals surface area (Å²) in [5.74, 6) is -0.863. The van der Waals surface area contributed by atoms with E-state index in [9.17, 15) is 19.2 Å². The molecule has 0 aromatic carbocycles. The van der Waals surface area contributed by atoms with Crippen LogP contribution in [0.4, 0.5) is 5.82 Å². The van der Waals surface area contributed by atoms with Crippen molar-refractivity contribution in [3.8, 4) is 0 Å². The van der Waals surface area contributed by atoms with E-state index in [0.29, 0.717) is 15.4 Å². The number of thioether (sulfide) groups is 1. The van der Waals surface area contributed by atoms with Crippen LogP contribution in [0.15, 0.2) is 31.0 Å². The van der Waals surface area contributed by atoms with Gasteiger partial charge in [-0.1, -0.05) is 11.8 Å². The lowest BCUT2D eigenvalue weighted by atomic mass is 10.2. The molecule has 9 nitrogen and oxygen atoms in total. The fourth-order valence-corrected chi connectivity index (χ4v) is 4.08. The zero-order chi connectivity index (χ0) is 19.2. The summed E-state index contributed by atoms with van der Waals surface area (Å²) in [5, 5.41) is 2.65. The number of nitrogens with zero attached hydrogens (tertiary/aromatic N) is 4. The SMILES string of the molecule is Cn1c(SCC(=O)c2c(N)n(C)c(=O)n(C)c2=O)nc2sccc2c1=O. The average molecular weight is 393 g/mol. The second kappa shape index (κ2) is 6.57. The van der Waals surface area contributed by atoms with Crippen LogP contribution in [0.3, 0.4) is 0 Å². The lowest BCUT2D eigenvalue weighted by molar-refractivity contribution is 0.102. The minimum atomic E-state index is -0.744. The molecule has 3 rings (SSSR count). The van der Waals surface area contributed by atoms with Gasteiger partial charge in [0, 0.05) is 21.1 Å². The molecule has 0 amide bonds. The van der Waals surface area contributed by atoms with Crippen molar-refractivity contribution in [2.45, 2.75) is 5.16 Å². The number of carbonyl (C=O) groups excluding carboxylic acids is 1. The topological polar surface area (TPSA) is 122 Å². The maximum Gasteiger partial charge on any atom is 0.332 e. The fraction of sp³-hybridized carbons (Fsp3) is 0.267. The molecule has 136 valence electrons. The third kappa shape index (κ3) is 2.78. The van der Waals surface area contributed by atoms with Crippen LogP contribution in [-0.4, -0.2) is 30.2 Å². The lowest BCUT2D eigenvalue weighted by Crippen LogP contribution is -2.41. The van der Waals surface area contributed by atoms with Gasteiger partial charge in [-0.3, -0.25) is 28.1 Å². The maximum atomic E-state index is 12.5. The van der Waals surface area contributed by atoms with E-state index >= 15 is 0 Å². The molecule has 0 spiro atoms. The summed E-state index contributed by atoms with van der Waals surface area (Å²) < 4.78 is 3.24. The third-order valence-electron chi connectivity index (χ3n) is 3.99. The third-order valence-corrected chi connectivity index (χ3v) is 5.82. The predicted octanol–water partition coefficient (Wildman–Crippen LogP) is -0.0504. The second-order valence-corrected chi connectivity index (χ2v) is 7.41. The number of hydrogen-bond acceptors (Lipinski definition) is 8.